The van der Waals surface area contributed by atoms with Gasteiger partial charge in [0.25, 0.3) is 0 Å². The molecule has 0 N–H and O–H groups in total. The Bertz CT molecular complexity index is 1070. The van der Waals surface area contributed by atoms with E-state index >= 15 is 0 Å². The summed E-state index contributed by atoms with van der Waals surface area (Å²) in [6.07, 6.45) is 62.4. The van der Waals surface area contributed by atoms with Gasteiger partial charge in [0, 0.05) is 19.3 Å². The van der Waals surface area contributed by atoms with Crippen molar-refractivity contribution >= 4 is 17.9 Å². The number of hydrogen-bond acceptors (Lipinski definition) is 6. The minimum Gasteiger partial charge on any atom is -0.462 e. The second-order valence-electron chi connectivity index (χ2n) is 22.8. The lowest BCUT2D eigenvalue weighted by Gasteiger charge is -2.18. The van der Waals surface area contributed by atoms with Crippen molar-refractivity contribution in [2.24, 2.45) is 11.8 Å². The number of hydrogen-bond donors (Lipinski definition) is 0. The Balaban J connectivity index is 4.29. The van der Waals surface area contributed by atoms with Crippen molar-refractivity contribution in [2.45, 2.75) is 368 Å². The first kappa shape index (κ1) is 68.4. The van der Waals surface area contributed by atoms with Crippen molar-refractivity contribution in [1.29, 1.82) is 0 Å². The van der Waals surface area contributed by atoms with Gasteiger partial charge in [0.1, 0.15) is 13.2 Å². The molecule has 0 aromatic rings. The van der Waals surface area contributed by atoms with Crippen LogP contribution in [0.1, 0.15) is 362 Å². The molecule has 0 rings (SSSR count). The summed E-state index contributed by atoms with van der Waals surface area (Å²) >= 11 is 0. The van der Waals surface area contributed by atoms with Gasteiger partial charge in [0.05, 0.1) is 0 Å². The molecule has 6 nitrogen and oxygen atoms in total. The fourth-order valence-electron chi connectivity index (χ4n) is 9.90. The minimum atomic E-state index is -0.764. The molecular formula is C64H124O6. The lowest BCUT2D eigenvalue weighted by Crippen LogP contribution is -2.30. The monoisotopic (exact) mass is 989 g/mol. The van der Waals surface area contributed by atoms with Crippen LogP contribution < -0.4 is 0 Å². The SMILES string of the molecule is CCCCCCCCCCCCCCCCCCCCC(=O)OC[C@H](COC(=O)CCCCCCCCCCCCCCCCC(C)CC)OC(=O)CCCCCCCCCCCCCCCC(C)C. The van der Waals surface area contributed by atoms with E-state index in [-0.39, 0.29) is 31.1 Å². The standard InChI is InChI=1S/C64H124O6/c1-6-8-9-10-11-12-13-14-15-16-17-18-24-29-34-39-44-49-54-62(65)68-57-61(70-64(67)56-51-46-41-36-31-26-21-22-27-32-37-42-47-52-59(3)4)58-69-63(66)55-50-45-40-35-30-25-20-19-23-28-33-38-43-48-53-60(5)7-2/h59-61H,6-58H2,1-5H3/t60?,61-/m1/s1. The first-order chi connectivity index (χ1) is 34.3. The van der Waals surface area contributed by atoms with Crippen molar-refractivity contribution in [1.82, 2.24) is 0 Å². The third-order valence-corrected chi connectivity index (χ3v) is 15.1. The first-order valence-corrected chi connectivity index (χ1v) is 31.8. The molecule has 0 aliphatic carbocycles. The highest BCUT2D eigenvalue weighted by Crippen LogP contribution is 2.19. The highest BCUT2D eigenvalue weighted by molar-refractivity contribution is 5.71. The normalized spacial score (nSPS) is 12.4. The number of carbonyl (C=O) groups is 3. The van der Waals surface area contributed by atoms with Crippen LogP contribution in [0, 0.1) is 11.8 Å². The van der Waals surface area contributed by atoms with Crippen LogP contribution in [0.3, 0.4) is 0 Å². The zero-order valence-corrected chi connectivity index (χ0v) is 48.2. The van der Waals surface area contributed by atoms with Crippen LogP contribution in [0.15, 0.2) is 0 Å². The van der Waals surface area contributed by atoms with Crippen LogP contribution in [0.25, 0.3) is 0 Å². The number of carbonyl (C=O) groups excluding carboxylic acids is 3. The van der Waals surface area contributed by atoms with E-state index in [1.165, 1.54) is 250 Å². The van der Waals surface area contributed by atoms with Gasteiger partial charge in [-0.15, -0.1) is 0 Å². The Hall–Kier alpha value is -1.59. The van der Waals surface area contributed by atoms with Crippen LogP contribution in [0.4, 0.5) is 0 Å². The van der Waals surface area contributed by atoms with Crippen LogP contribution >= 0.6 is 0 Å². The third-order valence-electron chi connectivity index (χ3n) is 15.1. The van der Waals surface area contributed by atoms with E-state index in [0.717, 1.165) is 69.6 Å². The van der Waals surface area contributed by atoms with Gasteiger partial charge in [0.2, 0.25) is 0 Å². The average molecular weight is 990 g/mol. The fourth-order valence-corrected chi connectivity index (χ4v) is 9.90. The van der Waals surface area contributed by atoms with Gasteiger partial charge in [-0.05, 0) is 31.1 Å². The van der Waals surface area contributed by atoms with E-state index in [4.69, 9.17) is 14.2 Å². The fraction of sp³-hybridized carbons (Fsp3) is 0.953. The smallest absolute Gasteiger partial charge is 0.306 e. The molecule has 0 fully saturated rings. The second kappa shape index (κ2) is 56.7. The van der Waals surface area contributed by atoms with Crippen molar-refractivity contribution in [2.75, 3.05) is 13.2 Å². The molecule has 0 aliphatic rings. The maximum atomic E-state index is 12.9. The molecule has 0 amide bonds. The molecule has 1 unspecified atom stereocenters. The van der Waals surface area contributed by atoms with Crippen LogP contribution in [0.2, 0.25) is 0 Å². The van der Waals surface area contributed by atoms with Gasteiger partial charge in [-0.2, -0.15) is 0 Å². The van der Waals surface area contributed by atoms with E-state index in [1.807, 2.05) is 0 Å². The number of esters is 3. The molecule has 0 heterocycles. The molecule has 0 radical (unpaired) electrons. The minimum absolute atomic E-state index is 0.0620. The van der Waals surface area contributed by atoms with Gasteiger partial charge in [0.15, 0.2) is 6.10 Å². The van der Waals surface area contributed by atoms with Gasteiger partial charge in [-0.3, -0.25) is 14.4 Å². The van der Waals surface area contributed by atoms with Crippen molar-refractivity contribution in [3.63, 3.8) is 0 Å². The predicted molar refractivity (Wildman–Crippen MR) is 303 cm³/mol. The predicted octanol–water partition coefficient (Wildman–Crippen LogP) is 21.2. The zero-order chi connectivity index (χ0) is 51.1. The quantitative estimate of drug-likeness (QED) is 0.0343. The molecule has 2 atom stereocenters. The largest absolute Gasteiger partial charge is 0.462 e. The highest BCUT2D eigenvalue weighted by Gasteiger charge is 2.19. The number of rotatable bonds is 58. The van der Waals surface area contributed by atoms with E-state index in [1.54, 1.807) is 0 Å². The summed E-state index contributed by atoms with van der Waals surface area (Å²) < 4.78 is 17.0. The number of ether oxygens (including phenoxy) is 3. The van der Waals surface area contributed by atoms with Gasteiger partial charge in [-0.1, -0.05) is 324 Å². The Morgan fingerprint density at radius 1 is 0.300 bits per heavy atom. The summed E-state index contributed by atoms with van der Waals surface area (Å²) in [6.45, 7) is 11.5. The molecule has 0 aromatic heterocycles. The van der Waals surface area contributed by atoms with Gasteiger partial charge < -0.3 is 14.2 Å². The first-order valence-electron chi connectivity index (χ1n) is 31.8. The van der Waals surface area contributed by atoms with Crippen molar-refractivity contribution in [3.8, 4) is 0 Å². The lowest BCUT2D eigenvalue weighted by atomic mass is 9.99. The molecule has 0 bridgehead atoms. The molecule has 0 saturated heterocycles. The van der Waals surface area contributed by atoms with E-state index in [2.05, 4.69) is 34.6 Å². The summed E-state index contributed by atoms with van der Waals surface area (Å²) in [6, 6.07) is 0. The van der Waals surface area contributed by atoms with Crippen LogP contribution in [-0.4, -0.2) is 37.2 Å². The van der Waals surface area contributed by atoms with Crippen LogP contribution in [0.5, 0.6) is 0 Å². The molecule has 6 heteroatoms. The van der Waals surface area contributed by atoms with Crippen LogP contribution in [-0.2, 0) is 28.6 Å². The van der Waals surface area contributed by atoms with Gasteiger partial charge >= 0.3 is 17.9 Å². The average Bonchev–Trinajstić information content (AvgIpc) is 3.35. The Morgan fingerprint density at radius 3 is 0.814 bits per heavy atom. The maximum absolute atomic E-state index is 12.9. The molecule has 416 valence electrons. The maximum Gasteiger partial charge on any atom is 0.306 e. The summed E-state index contributed by atoms with van der Waals surface area (Å²) in [5, 5.41) is 0. The Labute approximate surface area is 438 Å². The third kappa shape index (κ3) is 55.7. The summed E-state index contributed by atoms with van der Waals surface area (Å²) in [4.78, 5) is 38.3. The summed E-state index contributed by atoms with van der Waals surface area (Å²) in [5.41, 5.74) is 0. The molecule has 0 aromatic carbocycles. The molecule has 0 saturated carbocycles. The van der Waals surface area contributed by atoms with Crippen molar-refractivity contribution < 1.29 is 28.6 Å². The Morgan fingerprint density at radius 2 is 0.543 bits per heavy atom. The Kier molecular flexibility index (Phi) is 55.4. The zero-order valence-electron chi connectivity index (χ0n) is 48.2. The topological polar surface area (TPSA) is 78.9 Å². The summed E-state index contributed by atoms with van der Waals surface area (Å²) in [7, 11) is 0. The summed E-state index contributed by atoms with van der Waals surface area (Å²) in [5.74, 6) is 0.902. The van der Waals surface area contributed by atoms with Crippen molar-refractivity contribution in [3.05, 3.63) is 0 Å². The van der Waals surface area contributed by atoms with E-state index in [0.29, 0.717) is 19.3 Å². The molecular weight excluding hydrogens is 865 g/mol. The lowest BCUT2D eigenvalue weighted by molar-refractivity contribution is -0.167. The number of unbranched alkanes of at least 4 members (excludes halogenated alkanes) is 42. The van der Waals surface area contributed by atoms with E-state index < -0.39 is 6.10 Å². The second-order valence-corrected chi connectivity index (χ2v) is 22.8. The molecule has 0 spiro atoms. The van der Waals surface area contributed by atoms with Gasteiger partial charge in [-0.25, -0.2) is 0 Å². The highest BCUT2D eigenvalue weighted by atomic mass is 16.6. The molecule has 0 aliphatic heterocycles. The van der Waals surface area contributed by atoms with E-state index in [9.17, 15) is 14.4 Å². The molecule has 70 heavy (non-hydrogen) atoms.